The SMILES string of the molecule is CCCC[C@H](NC(C)=O)C(=O)N[C@@H](C)C(=O)N[C@@H](Cc1cnc[nH]1)C(=O)N[C@H](Cc1ccccc1)C(=O)N[C@@H](CCCN=C(N)N)C(=O)N[C@@H](CS)C(=O)N[C@@H](Cc1c[nH]c2ccccc12)C(N)=O. The van der Waals surface area contributed by atoms with Gasteiger partial charge in [0.1, 0.15) is 42.3 Å². The van der Waals surface area contributed by atoms with Crippen molar-refractivity contribution in [1.29, 1.82) is 0 Å². The number of carbonyl (C=O) groups is 8. The average molecular weight is 973 g/mol. The molecule has 0 aliphatic rings. The number of rotatable bonds is 28. The number of amides is 8. The number of aromatic amines is 2. The van der Waals surface area contributed by atoms with E-state index in [1.54, 1.807) is 36.5 Å². The Morgan fingerprint density at radius 3 is 1.86 bits per heavy atom. The van der Waals surface area contributed by atoms with Crippen molar-refractivity contribution in [3.8, 4) is 0 Å². The smallest absolute Gasteiger partial charge is 0.244 e. The van der Waals surface area contributed by atoms with E-state index in [4.69, 9.17) is 17.2 Å². The summed E-state index contributed by atoms with van der Waals surface area (Å²) in [4.78, 5) is 122. The molecule has 2 aromatic heterocycles. The second-order valence-corrected chi connectivity index (χ2v) is 16.9. The normalized spacial score (nSPS) is 14.0. The van der Waals surface area contributed by atoms with E-state index >= 15 is 0 Å². The zero-order chi connectivity index (χ0) is 50.5. The van der Waals surface area contributed by atoms with Gasteiger partial charge in [-0.2, -0.15) is 12.6 Å². The molecule has 2 aromatic carbocycles. The highest BCUT2D eigenvalue weighted by molar-refractivity contribution is 7.80. The number of benzene rings is 2. The lowest BCUT2D eigenvalue weighted by molar-refractivity contribution is -0.135. The first-order valence-electron chi connectivity index (χ1n) is 22.6. The van der Waals surface area contributed by atoms with Gasteiger partial charge < -0.3 is 64.4 Å². The number of aliphatic imine (C=N–C) groups is 1. The van der Waals surface area contributed by atoms with Crippen LogP contribution in [0.5, 0.6) is 0 Å². The minimum Gasteiger partial charge on any atom is -0.370 e. The van der Waals surface area contributed by atoms with E-state index in [1.807, 2.05) is 31.2 Å². The van der Waals surface area contributed by atoms with Crippen molar-refractivity contribution in [2.45, 2.75) is 114 Å². The number of carbonyl (C=O) groups excluding carboxylic acids is 8. The van der Waals surface area contributed by atoms with Crippen molar-refractivity contribution < 1.29 is 38.4 Å². The quantitative estimate of drug-likeness (QED) is 0.0142. The first-order valence-corrected chi connectivity index (χ1v) is 23.2. The van der Waals surface area contributed by atoms with Crippen molar-refractivity contribution in [2.24, 2.45) is 22.2 Å². The number of nitrogens with zero attached hydrogens (tertiary/aromatic N) is 2. The van der Waals surface area contributed by atoms with Crippen LogP contribution in [-0.4, -0.2) is 123 Å². The summed E-state index contributed by atoms with van der Waals surface area (Å²) in [5.74, 6) is -6.07. The second-order valence-electron chi connectivity index (χ2n) is 16.5. The average Bonchev–Trinajstić information content (AvgIpc) is 3.99. The van der Waals surface area contributed by atoms with Crippen LogP contribution in [0.2, 0.25) is 0 Å². The van der Waals surface area contributed by atoms with Gasteiger partial charge in [-0.1, -0.05) is 68.3 Å². The zero-order valence-corrected chi connectivity index (χ0v) is 39.8. The van der Waals surface area contributed by atoms with Crippen molar-refractivity contribution in [2.75, 3.05) is 12.3 Å². The molecule has 7 atom stereocenters. The molecular formula is C46H64N14O8S. The Morgan fingerprint density at radius 2 is 1.22 bits per heavy atom. The van der Waals surface area contributed by atoms with Crippen LogP contribution in [-0.2, 0) is 57.6 Å². The van der Waals surface area contributed by atoms with Gasteiger partial charge in [0.2, 0.25) is 47.3 Å². The maximum Gasteiger partial charge on any atom is 0.244 e. The number of thiol groups is 1. The van der Waals surface area contributed by atoms with Crippen molar-refractivity contribution in [3.05, 3.63) is 90.1 Å². The molecule has 23 heteroatoms. The van der Waals surface area contributed by atoms with Crippen LogP contribution in [0.1, 0.15) is 69.7 Å². The number of unbranched alkanes of at least 4 members (excludes halogenated alkanes) is 1. The lowest BCUT2D eigenvalue weighted by Crippen LogP contribution is -2.60. The second kappa shape index (κ2) is 27.4. The lowest BCUT2D eigenvalue weighted by Gasteiger charge is -2.27. The molecule has 0 spiro atoms. The van der Waals surface area contributed by atoms with Crippen LogP contribution in [0.3, 0.4) is 0 Å². The molecule has 69 heavy (non-hydrogen) atoms. The molecule has 0 saturated heterocycles. The largest absolute Gasteiger partial charge is 0.370 e. The van der Waals surface area contributed by atoms with Gasteiger partial charge in [-0.05, 0) is 43.4 Å². The predicted molar refractivity (Wildman–Crippen MR) is 262 cm³/mol. The number of primary amides is 1. The van der Waals surface area contributed by atoms with Crippen LogP contribution in [0, 0.1) is 0 Å². The summed E-state index contributed by atoms with van der Waals surface area (Å²) in [6, 6.07) is 7.68. The number of fused-ring (bicyclic) bond motifs is 1. The van der Waals surface area contributed by atoms with E-state index in [0.29, 0.717) is 24.1 Å². The minimum absolute atomic E-state index is 0.0326. The molecule has 15 N–H and O–H groups in total. The first-order chi connectivity index (χ1) is 33.0. The van der Waals surface area contributed by atoms with Gasteiger partial charge in [-0.15, -0.1) is 0 Å². The van der Waals surface area contributed by atoms with E-state index in [0.717, 1.165) is 22.9 Å². The third-order valence-corrected chi connectivity index (χ3v) is 11.3. The summed E-state index contributed by atoms with van der Waals surface area (Å²) in [7, 11) is 0. The molecule has 4 aromatic rings. The number of imidazole rings is 1. The number of hydrogen-bond donors (Lipinski definition) is 13. The highest BCUT2D eigenvalue weighted by Crippen LogP contribution is 2.19. The zero-order valence-electron chi connectivity index (χ0n) is 38.9. The fourth-order valence-electron chi connectivity index (χ4n) is 7.28. The molecule has 8 amide bonds. The molecule has 22 nitrogen and oxygen atoms in total. The Morgan fingerprint density at radius 1 is 0.652 bits per heavy atom. The van der Waals surface area contributed by atoms with E-state index in [-0.39, 0.29) is 50.4 Å². The van der Waals surface area contributed by atoms with E-state index in [1.165, 1.54) is 26.4 Å². The molecule has 372 valence electrons. The van der Waals surface area contributed by atoms with E-state index in [2.05, 4.69) is 69.8 Å². The third kappa shape index (κ3) is 17.6. The van der Waals surface area contributed by atoms with E-state index < -0.39 is 89.6 Å². The van der Waals surface area contributed by atoms with Crippen LogP contribution in [0.15, 0.2) is 78.3 Å². The molecule has 0 fully saturated rings. The highest BCUT2D eigenvalue weighted by atomic mass is 32.1. The number of guanidine groups is 1. The number of nitrogens with one attached hydrogen (secondary N) is 9. The topological polar surface area (TPSA) is 356 Å². The van der Waals surface area contributed by atoms with E-state index in [9.17, 15) is 38.4 Å². The first kappa shape index (κ1) is 54.2. The Hall–Kier alpha value is -7.43. The maximum absolute atomic E-state index is 14.4. The molecule has 0 aliphatic heterocycles. The molecule has 0 radical (unpaired) electrons. The monoisotopic (exact) mass is 972 g/mol. The molecule has 0 unspecified atom stereocenters. The number of hydrogen-bond acceptors (Lipinski definition) is 11. The fourth-order valence-corrected chi connectivity index (χ4v) is 7.54. The summed E-state index contributed by atoms with van der Waals surface area (Å²) in [5.41, 5.74) is 19.4. The Bertz CT molecular complexity index is 2390. The van der Waals surface area contributed by atoms with Gasteiger partial charge in [-0.3, -0.25) is 43.3 Å². The Kier molecular flexibility index (Phi) is 21.5. The summed E-state index contributed by atoms with van der Waals surface area (Å²) in [5, 5.41) is 19.4. The van der Waals surface area contributed by atoms with Gasteiger partial charge in [0.15, 0.2) is 5.96 Å². The third-order valence-electron chi connectivity index (χ3n) is 11.0. The number of para-hydroxylation sites is 1. The number of H-pyrrole nitrogens is 2. The minimum atomic E-state index is -1.34. The van der Waals surface area contributed by atoms with Crippen LogP contribution < -0.4 is 54.4 Å². The van der Waals surface area contributed by atoms with Crippen molar-refractivity contribution >= 4 is 76.7 Å². The van der Waals surface area contributed by atoms with Crippen molar-refractivity contribution in [1.82, 2.24) is 52.2 Å². The summed E-state index contributed by atoms with van der Waals surface area (Å²) < 4.78 is 0. The van der Waals surface area contributed by atoms with Crippen LogP contribution in [0.25, 0.3) is 10.9 Å². The highest BCUT2D eigenvalue weighted by Gasteiger charge is 2.33. The van der Waals surface area contributed by atoms with Crippen LogP contribution >= 0.6 is 12.6 Å². The van der Waals surface area contributed by atoms with Gasteiger partial charge in [-0.25, -0.2) is 4.98 Å². The maximum atomic E-state index is 14.4. The molecule has 2 heterocycles. The fraction of sp³-hybridized carbons (Fsp3) is 0.435. The molecule has 0 aliphatic carbocycles. The van der Waals surface area contributed by atoms with Gasteiger partial charge in [0, 0.05) is 67.5 Å². The number of nitrogens with two attached hydrogens (primary N) is 3. The number of aromatic nitrogens is 3. The summed E-state index contributed by atoms with van der Waals surface area (Å²) in [6.07, 6.45) is 6.36. The van der Waals surface area contributed by atoms with Crippen molar-refractivity contribution in [3.63, 3.8) is 0 Å². The Balaban J connectivity index is 1.55. The van der Waals surface area contributed by atoms with Crippen LogP contribution in [0.4, 0.5) is 0 Å². The Labute approximate surface area is 405 Å². The van der Waals surface area contributed by atoms with Gasteiger partial charge in [0.25, 0.3) is 0 Å². The lowest BCUT2D eigenvalue weighted by atomic mass is 10.0. The summed E-state index contributed by atoms with van der Waals surface area (Å²) >= 11 is 4.30. The van der Waals surface area contributed by atoms with Gasteiger partial charge in [0.05, 0.1) is 6.33 Å². The molecular weight excluding hydrogens is 909 g/mol. The molecule has 4 rings (SSSR count). The molecule has 0 saturated carbocycles. The predicted octanol–water partition coefficient (Wildman–Crippen LogP) is -0.989. The standard InChI is InChI=1S/C46H64N14O8S/c1-4-5-15-33(55-27(3)61)41(64)54-26(2)40(63)58-37(21-30-23-50-25-53-30)44(67)59-36(19-28-12-7-6-8-13-28)43(66)56-34(17-11-18-51-46(48)49)42(65)60-38(24-69)45(68)57-35(39(47)62)20-29-22-52-32-16-10-9-14-31(29)32/h6-10,12-14,16,22-23,25-26,33-38,52,69H,4-5,11,15,17-21,24H2,1-3H3,(H2,47,62)(H,50,53)(H,54,64)(H,55,61)(H,56,66)(H,57,68)(H,58,63)(H,59,67)(H,60,65)(H4,48,49,51)/t26-,33-,34-,35-,36+,37-,38-/m0/s1. The van der Waals surface area contributed by atoms with Gasteiger partial charge >= 0.3 is 0 Å². The summed E-state index contributed by atoms with van der Waals surface area (Å²) in [6.45, 7) is 4.73. The molecule has 0 bridgehead atoms.